The quantitative estimate of drug-likeness (QED) is 0.456. The highest BCUT2D eigenvalue weighted by Gasteiger charge is 2.21. The molecule has 8 heteroatoms. The van der Waals surface area contributed by atoms with Crippen LogP contribution >= 0.6 is 0 Å². The fourth-order valence-electron chi connectivity index (χ4n) is 4.33. The molecule has 0 saturated carbocycles. The number of nitrogens with zero attached hydrogens (tertiary/aromatic N) is 4. The summed E-state index contributed by atoms with van der Waals surface area (Å²) in [6.07, 6.45) is 8.18. The second-order valence-corrected chi connectivity index (χ2v) is 8.16. The zero-order valence-corrected chi connectivity index (χ0v) is 19.1. The molecule has 172 valence electrons. The molecule has 34 heavy (non-hydrogen) atoms. The molecule has 1 aliphatic rings. The highest BCUT2D eigenvalue weighted by Crippen LogP contribution is 2.29. The Labute approximate surface area is 196 Å². The van der Waals surface area contributed by atoms with Gasteiger partial charge in [-0.25, -0.2) is 14.5 Å². The first-order valence-electron chi connectivity index (χ1n) is 11.3. The predicted molar refractivity (Wildman–Crippen MR) is 129 cm³/mol. The van der Waals surface area contributed by atoms with E-state index in [-0.39, 0.29) is 11.9 Å². The third-order valence-electron chi connectivity index (χ3n) is 6.16. The highest BCUT2D eigenvalue weighted by molar-refractivity contribution is 5.96. The number of aromatic amines is 1. The molecule has 4 aromatic rings. The molecular weight excluding hydrogens is 430 g/mol. The third-order valence-corrected chi connectivity index (χ3v) is 6.16. The van der Waals surface area contributed by atoms with Crippen LogP contribution in [0.3, 0.4) is 0 Å². The number of carbonyl (C=O) groups is 2. The number of benzene rings is 1. The summed E-state index contributed by atoms with van der Waals surface area (Å²) < 4.78 is 6.75. The Morgan fingerprint density at radius 2 is 2.00 bits per heavy atom. The summed E-state index contributed by atoms with van der Waals surface area (Å²) in [5.74, 6) is -0.397. The van der Waals surface area contributed by atoms with Crippen molar-refractivity contribution < 1.29 is 14.3 Å². The Kier molecular flexibility index (Phi) is 5.71. The van der Waals surface area contributed by atoms with Gasteiger partial charge in [0, 0.05) is 42.0 Å². The maximum absolute atomic E-state index is 13.1. The molecule has 1 aromatic carbocycles. The number of aromatic nitrogens is 4. The number of amides is 1. The van der Waals surface area contributed by atoms with Crippen molar-refractivity contribution in [2.75, 3.05) is 19.7 Å². The summed E-state index contributed by atoms with van der Waals surface area (Å²) in [6.45, 7) is 5.11. The molecule has 0 fully saturated rings. The fourth-order valence-corrected chi connectivity index (χ4v) is 4.33. The molecule has 0 aliphatic carbocycles. The van der Waals surface area contributed by atoms with Crippen LogP contribution in [0.4, 0.5) is 0 Å². The molecule has 1 amide bonds. The van der Waals surface area contributed by atoms with Gasteiger partial charge in [0.2, 0.25) is 0 Å². The van der Waals surface area contributed by atoms with Crippen molar-refractivity contribution in [3.8, 4) is 5.69 Å². The maximum atomic E-state index is 13.1. The van der Waals surface area contributed by atoms with Crippen LogP contribution in [-0.4, -0.2) is 56.2 Å². The van der Waals surface area contributed by atoms with E-state index < -0.39 is 0 Å². The minimum atomic E-state index is -0.389. The molecule has 5 rings (SSSR count). The van der Waals surface area contributed by atoms with E-state index >= 15 is 0 Å². The van der Waals surface area contributed by atoms with E-state index in [0.717, 1.165) is 28.7 Å². The van der Waals surface area contributed by atoms with Gasteiger partial charge in [-0.2, -0.15) is 5.10 Å². The van der Waals surface area contributed by atoms with Gasteiger partial charge >= 0.3 is 5.97 Å². The number of ether oxygens (including phenoxy) is 1. The van der Waals surface area contributed by atoms with Gasteiger partial charge in [-0.1, -0.05) is 6.08 Å². The number of carbonyl (C=O) groups excluding carboxylic acids is 2. The Balaban J connectivity index is 1.29. The van der Waals surface area contributed by atoms with E-state index in [1.165, 1.54) is 11.8 Å². The average molecular weight is 456 g/mol. The lowest BCUT2D eigenvalue weighted by molar-refractivity contribution is 0.0525. The number of H-pyrrole nitrogens is 1. The van der Waals surface area contributed by atoms with Crippen LogP contribution in [0.2, 0.25) is 0 Å². The first-order valence-corrected chi connectivity index (χ1v) is 11.3. The summed E-state index contributed by atoms with van der Waals surface area (Å²) in [6, 6.07) is 11.3. The SMILES string of the molecule is CCOC(=O)c1cnn(-c2ccc(C(=O)N3CC=C(c4c[nH]c5ncccc45)CC3)cc2)c1C. The Hall–Kier alpha value is -4.20. The van der Waals surface area contributed by atoms with Crippen LogP contribution < -0.4 is 0 Å². The largest absolute Gasteiger partial charge is 0.462 e. The number of rotatable bonds is 5. The number of hydrogen-bond acceptors (Lipinski definition) is 5. The summed E-state index contributed by atoms with van der Waals surface area (Å²) in [4.78, 5) is 34.6. The van der Waals surface area contributed by atoms with Gasteiger partial charge in [-0.3, -0.25) is 4.79 Å². The molecule has 1 aliphatic heterocycles. The number of esters is 1. The van der Waals surface area contributed by atoms with Crippen LogP contribution in [-0.2, 0) is 4.74 Å². The van der Waals surface area contributed by atoms with Crippen molar-refractivity contribution in [2.45, 2.75) is 20.3 Å². The van der Waals surface area contributed by atoms with Crippen molar-refractivity contribution in [1.29, 1.82) is 0 Å². The van der Waals surface area contributed by atoms with E-state index in [0.29, 0.717) is 36.5 Å². The van der Waals surface area contributed by atoms with E-state index in [4.69, 9.17) is 4.74 Å². The second kappa shape index (κ2) is 8.97. The van der Waals surface area contributed by atoms with Gasteiger partial charge in [-0.05, 0) is 62.2 Å². The third kappa shape index (κ3) is 3.87. The van der Waals surface area contributed by atoms with Crippen LogP contribution in [0, 0.1) is 6.92 Å². The standard InChI is InChI=1S/C26H25N5O3/c1-3-34-26(33)22-16-29-31(17(22)2)20-8-6-19(7-9-20)25(32)30-13-10-18(11-14-30)23-15-28-24-21(23)5-4-12-27-24/h4-10,12,15-16H,3,11,13-14H2,1-2H3,(H,27,28). The van der Waals surface area contributed by atoms with Crippen molar-refractivity contribution in [2.24, 2.45) is 0 Å². The van der Waals surface area contributed by atoms with E-state index in [2.05, 4.69) is 27.2 Å². The summed E-state index contributed by atoms with van der Waals surface area (Å²) in [5.41, 5.74) is 5.77. The molecule has 1 N–H and O–H groups in total. The molecule has 0 spiro atoms. The van der Waals surface area contributed by atoms with Crippen molar-refractivity contribution in [3.05, 3.63) is 83.4 Å². The predicted octanol–water partition coefficient (Wildman–Crippen LogP) is 4.16. The summed E-state index contributed by atoms with van der Waals surface area (Å²) in [7, 11) is 0. The van der Waals surface area contributed by atoms with Gasteiger partial charge in [0.15, 0.2) is 0 Å². The second-order valence-electron chi connectivity index (χ2n) is 8.16. The van der Waals surface area contributed by atoms with E-state index in [1.807, 2.05) is 36.2 Å². The molecule has 4 heterocycles. The minimum Gasteiger partial charge on any atom is -0.462 e. The number of hydrogen-bond donors (Lipinski definition) is 1. The minimum absolute atomic E-state index is 0.00755. The molecule has 0 bridgehead atoms. The fraction of sp³-hybridized carbons (Fsp3) is 0.231. The first kappa shape index (κ1) is 21.6. The van der Waals surface area contributed by atoms with Crippen molar-refractivity contribution in [3.63, 3.8) is 0 Å². The van der Waals surface area contributed by atoms with Crippen LogP contribution in [0.15, 0.2) is 61.1 Å². The van der Waals surface area contributed by atoms with Gasteiger partial charge < -0.3 is 14.6 Å². The van der Waals surface area contributed by atoms with Crippen LogP contribution in [0.5, 0.6) is 0 Å². The first-order chi connectivity index (χ1) is 16.6. The molecule has 8 nitrogen and oxygen atoms in total. The van der Waals surface area contributed by atoms with Crippen LogP contribution in [0.1, 0.15) is 45.3 Å². The lowest BCUT2D eigenvalue weighted by Gasteiger charge is -2.26. The normalized spacial score (nSPS) is 13.7. The van der Waals surface area contributed by atoms with Gasteiger partial charge in [0.05, 0.1) is 24.2 Å². The zero-order valence-electron chi connectivity index (χ0n) is 19.1. The van der Waals surface area contributed by atoms with Gasteiger partial charge in [0.1, 0.15) is 11.2 Å². The highest BCUT2D eigenvalue weighted by atomic mass is 16.5. The van der Waals surface area contributed by atoms with Crippen LogP contribution in [0.25, 0.3) is 22.3 Å². The van der Waals surface area contributed by atoms with E-state index in [1.54, 1.807) is 29.9 Å². The van der Waals surface area contributed by atoms with Crippen molar-refractivity contribution >= 4 is 28.5 Å². The van der Waals surface area contributed by atoms with E-state index in [9.17, 15) is 9.59 Å². The zero-order chi connectivity index (χ0) is 23.7. The lowest BCUT2D eigenvalue weighted by Crippen LogP contribution is -2.34. The summed E-state index contributed by atoms with van der Waals surface area (Å²) >= 11 is 0. The maximum Gasteiger partial charge on any atom is 0.341 e. The molecule has 0 unspecified atom stereocenters. The molecule has 0 radical (unpaired) electrons. The van der Waals surface area contributed by atoms with Crippen molar-refractivity contribution in [1.82, 2.24) is 24.6 Å². The molecular formula is C26H25N5O3. The smallest absolute Gasteiger partial charge is 0.341 e. The molecule has 3 aromatic heterocycles. The molecule has 0 atom stereocenters. The Morgan fingerprint density at radius 3 is 2.74 bits per heavy atom. The number of nitrogens with one attached hydrogen (secondary N) is 1. The lowest BCUT2D eigenvalue weighted by atomic mass is 9.99. The van der Waals surface area contributed by atoms with Gasteiger partial charge in [0.25, 0.3) is 5.91 Å². The van der Waals surface area contributed by atoms with Gasteiger partial charge in [-0.15, -0.1) is 0 Å². The summed E-state index contributed by atoms with van der Waals surface area (Å²) in [5, 5.41) is 5.41. The number of pyridine rings is 1. The monoisotopic (exact) mass is 455 g/mol. The Bertz CT molecular complexity index is 1400. The average Bonchev–Trinajstić information content (AvgIpc) is 3.48. The number of fused-ring (bicyclic) bond motifs is 1. The topological polar surface area (TPSA) is 93.1 Å². The Morgan fingerprint density at radius 1 is 1.18 bits per heavy atom. The molecule has 0 saturated heterocycles.